The lowest BCUT2D eigenvalue weighted by molar-refractivity contribution is 0.529. The van der Waals surface area contributed by atoms with E-state index in [1.807, 2.05) is 19.2 Å². The Bertz CT molecular complexity index is 1200. The fraction of sp³-hybridized carbons (Fsp3) is 0.200. The van der Waals surface area contributed by atoms with E-state index in [-0.39, 0.29) is 26.9 Å². The molecule has 1 aliphatic rings. The van der Waals surface area contributed by atoms with Gasteiger partial charge in [-0.2, -0.15) is 0 Å². The second-order valence-electron chi connectivity index (χ2n) is 6.89. The molecule has 4 nitrogen and oxygen atoms in total. The fourth-order valence-electron chi connectivity index (χ4n) is 3.57. The Morgan fingerprint density at radius 1 is 1.18 bits per heavy atom. The predicted octanol–water partition coefficient (Wildman–Crippen LogP) is 5.30. The van der Waals surface area contributed by atoms with Crippen molar-refractivity contribution in [1.82, 2.24) is 9.29 Å². The zero-order chi connectivity index (χ0) is 20.1. The molecular weight excluding hydrogens is 422 g/mol. The second kappa shape index (κ2) is 7.10. The molecule has 2 unspecified atom stereocenters. The molecule has 0 amide bonds. The number of fused-ring (bicyclic) bond motifs is 1. The van der Waals surface area contributed by atoms with Gasteiger partial charge in [0.2, 0.25) is 0 Å². The van der Waals surface area contributed by atoms with Crippen LogP contribution in [0.15, 0.2) is 59.8 Å². The van der Waals surface area contributed by atoms with E-state index in [1.165, 1.54) is 36.4 Å². The van der Waals surface area contributed by atoms with Crippen LogP contribution >= 0.6 is 23.2 Å². The van der Waals surface area contributed by atoms with Gasteiger partial charge in [0.1, 0.15) is 10.7 Å². The van der Waals surface area contributed by atoms with Crippen molar-refractivity contribution in [1.29, 1.82) is 0 Å². The molecule has 0 bridgehead atoms. The van der Waals surface area contributed by atoms with Gasteiger partial charge in [-0.3, -0.25) is 0 Å². The molecule has 0 spiro atoms. The number of hydrogen-bond acceptors (Lipinski definition) is 3. The lowest BCUT2D eigenvalue weighted by Crippen LogP contribution is -2.26. The summed E-state index contributed by atoms with van der Waals surface area (Å²) in [5.74, 6) is -0.456. The number of benzene rings is 2. The SMILES string of the molecule is CC1CC(c2cn(S(=O)(=O)c3cc(Cl)ccc3Cl)c3ccc(F)cc23)C=CN1. The highest BCUT2D eigenvalue weighted by Gasteiger charge is 2.27. The molecule has 0 saturated carbocycles. The van der Waals surface area contributed by atoms with E-state index >= 15 is 0 Å². The van der Waals surface area contributed by atoms with Gasteiger partial charge < -0.3 is 5.32 Å². The van der Waals surface area contributed by atoms with Gasteiger partial charge in [-0.15, -0.1) is 0 Å². The lowest BCUT2D eigenvalue weighted by Gasteiger charge is -2.23. The third-order valence-corrected chi connectivity index (χ3v) is 7.30. The minimum atomic E-state index is -4.02. The van der Waals surface area contributed by atoms with Crippen molar-refractivity contribution < 1.29 is 12.8 Å². The van der Waals surface area contributed by atoms with Gasteiger partial charge in [0.05, 0.1) is 10.5 Å². The average molecular weight is 439 g/mol. The third kappa shape index (κ3) is 3.30. The molecule has 0 aliphatic carbocycles. The fourth-order valence-corrected chi connectivity index (χ4v) is 5.69. The lowest BCUT2D eigenvalue weighted by atomic mass is 9.90. The van der Waals surface area contributed by atoms with Gasteiger partial charge in [-0.05, 0) is 61.5 Å². The van der Waals surface area contributed by atoms with Crippen LogP contribution in [0.2, 0.25) is 10.0 Å². The smallest absolute Gasteiger partial charge is 0.269 e. The van der Waals surface area contributed by atoms with Crippen LogP contribution in [0.25, 0.3) is 10.9 Å². The first-order valence-electron chi connectivity index (χ1n) is 8.71. The molecule has 1 aliphatic heterocycles. The maximum absolute atomic E-state index is 14.0. The molecule has 0 saturated heterocycles. The molecule has 1 N–H and O–H groups in total. The van der Waals surface area contributed by atoms with Crippen LogP contribution < -0.4 is 5.32 Å². The van der Waals surface area contributed by atoms with Crippen molar-refractivity contribution >= 4 is 44.1 Å². The van der Waals surface area contributed by atoms with E-state index in [9.17, 15) is 12.8 Å². The Morgan fingerprint density at radius 3 is 2.71 bits per heavy atom. The van der Waals surface area contributed by atoms with Gasteiger partial charge in [0.25, 0.3) is 10.0 Å². The number of allylic oxidation sites excluding steroid dienone is 1. The molecule has 0 radical (unpaired) electrons. The molecule has 1 aromatic heterocycles. The van der Waals surface area contributed by atoms with Crippen molar-refractivity contribution in [2.24, 2.45) is 0 Å². The average Bonchev–Trinajstić information content (AvgIpc) is 3.03. The van der Waals surface area contributed by atoms with E-state index in [4.69, 9.17) is 23.2 Å². The van der Waals surface area contributed by atoms with Crippen LogP contribution in [0.5, 0.6) is 0 Å². The Balaban J connectivity index is 1.96. The normalized spacial score (nSPS) is 19.7. The van der Waals surface area contributed by atoms with E-state index in [0.29, 0.717) is 10.9 Å². The number of nitrogens with zero attached hydrogens (tertiary/aromatic N) is 1. The van der Waals surface area contributed by atoms with E-state index < -0.39 is 15.8 Å². The Kier molecular flexibility index (Phi) is 4.89. The Labute approximate surface area is 172 Å². The van der Waals surface area contributed by atoms with Gasteiger partial charge in [-0.1, -0.05) is 29.3 Å². The van der Waals surface area contributed by atoms with E-state index in [0.717, 1.165) is 16.0 Å². The topological polar surface area (TPSA) is 51.1 Å². The standard InChI is InChI=1S/C20H17Cl2FN2O2S/c1-12-8-13(6-7-24-12)17-11-25(19-5-3-15(23)10-16(17)19)28(26,27)20-9-14(21)2-4-18(20)22/h2-7,9-13,24H,8H2,1H3. The third-order valence-electron chi connectivity index (χ3n) is 4.91. The summed E-state index contributed by atoms with van der Waals surface area (Å²) in [4.78, 5) is -0.0938. The maximum atomic E-state index is 14.0. The van der Waals surface area contributed by atoms with Gasteiger partial charge in [0, 0.05) is 28.6 Å². The summed E-state index contributed by atoms with van der Waals surface area (Å²) in [7, 11) is -4.02. The quantitative estimate of drug-likeness (QED) is 0.603. The van der Waals surface area contributed by atoms with Crippen molar-refractivity contribution in [2.45, 2.75) is 30.2 Å². The second-order valence-corrected chi connectivity index (χ2v) is 9.52. The first-order valence-corrected chi connectivity index (χ1v) is 10.9. The molecule has 8 heteroatoms. The summed E-state index contributed by atoms with van der Waals surface area (Å²) in [6, 6.07) is 8.61. The Morgan fingerprint density at radius 2 is 1.96 bits per heavy atom. The number of nitrogens with one attached hydrogen (secondary N) is 1. The van der Waals surface area contributed by atoms with Gasteiger partial charge in [0.15, 0.2) is 0 Å². The van der Waals surface area contributed by atoms with Crippen LogP contribution in [0.1, 0.15) is 24.8 Å². The molecule has 146 valence electrons. The summed E-state index contributed by atoms with van der Waals surface area (Å²) in [6.07, 6.45) is 6.14. The maximum Gasteiger partial charge on any atom is 0.269 e. The Hall–Kier alpha value is -2.02. The highest BCUT2D eigenvalue weighted by Crippen LogP contribution is 2.36. The van der Waals surface area contributed by atoms with Crippen molar-refractivity contribution in [3.8, 4) is 0 Å². The van der Waals surface area contributed by atoms with Crippen LogP contribution in [-0.4, -0.2) is 18.4 Å². The molecule has 2 aromatic carbocycles. The molecular formula is C20H17Cl2FN2O2S. The summed E-state index contributed by atoms with van der Waals surface area (Å²) >= 11 is 12.1. The van der Waals surface area contributed by atoms with Crippen LogP contribution in [0.4, 0.5) is 4.39 Å². The molecule has 2 atom stereocenters. The van der Waals surface area contributed by atoms with Crippen LogP contribution in [0, 0.1) is 5.82 Å². The zero-order valence-electron chi connectivity index (χ0n) is 14.9. The summed E-state index contributed by atoms with van der Waals surface area (Å²) < 4.78 is 41.9. The number of hydrogen-bond donors (Lipinski definition) is 1. The first kappa shape index (κ1) is 19.3. The monoisotopic (exact) mass is 438 g/mol. The summed E-state index contributed by atoms with van der Waals surface area (Å²) in [6.45, 7) is 2.04. The predicted molar refractivity (Wildman–Crippen MR) is 110 cm³/mol. The van der Waals surface area contributed by atoms with Crippen molar-refractivity contribution in [3.63, 3.8) is 0 Å². The highest BCUT2D eigenvalue weighted by molar-refractivity contribution is 7.90. The molecule has 3 aromatic rings. The van der Waals surface area contributed by atoms with Gasteiger partial charge >= 0.3 is 0 Å². The van der Waals surface area contributed by atoms with E-state index in [2.05, 4.69) is 5.32 Å². The molecule has 2 heterocycles. The summed E-state index contributed by atoms with van der Waals surface area (Å²) in [5, 5.41) is 4.11. The first-order chi connectivity index (χ1) is 13.3. The van der Waals surface area contributed by atoms with Crippen molar-refractivity contribution in [2.75, 3.05) is 0 Å². The minimum Gasteiger partial charge on any atom is -0.389 e. The van der Waals surface area contributed by atoms with Crippen LogP contribution in [0.3, 0.4) is 0 Å². The zero-order valence-corrected chi connectivity index (χ0v) is 17.2. The molecule has 28 heavy (non-hydrogen) atoms. The summed E-state index contributed by atoms with van der Waals surface area (Å²) in [5.41, 5.74) is 1.15. The number of halogens is 3. The molecule has 0 fully saturated rings. The number of aromatic nitrogens is 1. The van der Waals surface area contributed by atoms with E-state index in [1.54, 1.807) is 6.20 Å². The highest BCUT2D eigenvalue weighted by atomic mass is 35.5. The minimum absolute atomic E-state index is 0.0353. The molecule has 4 rings (SSSR count). The number of rotatable bonds is 3. The van der Waals surface area contributed by atoms with Gasteiger partial charge in [-0.25, -0.2) is 16.8 Å². The van der Waals surface area contributed by atoms with Crippen molar-refractivity contribution in [3.05, 3.63) is 76.3 Å². The largest absolute Gasteiger partial charge is 0.389 e. The van der Waals surface area contributed by atoms with Crippen LogP contribution in [-0.2, 0) is 10.0 Å².